The molecule has 4 nitrogen and oxygen atoms in total. The van der Waals surface area contributed by atoms with Crippen LogP contribution in [0.4, 0.5) is 11.4 Å². The molecule has 0 atom stereocenters. The number of hydrogen-bond acceptors (Lipinski definition) is 3. The Morgan fingerprint density at radius 1 is 0.722 bits per heavy atom. The average Bonchev–Trinajstić information content (AvgIpc) is 3.43. The van der Waals surface area contributed by atoms with E-state index in [4.69, 9.17) is 0 Å². The Balaban J connectivity index is 0.00000304. The molecule has 1 saturated heterocycles. The van der Waals surface area contributed by atoms with E-state index in [0.29, 0.717) is 0 Å². The van der Waals surface area contributed by atoms with Crippen LogP contribution in [0.5, 0.6) is 5.75 Å². The summed E-state index contributed by atoms with van der Waals surface area (Å²) in [4.78, 5) is 2.47. The summed E-state index contributed by atoms with van der Waals surface area (Å²) in [5.74, 6) is 0.281. The number of nitrogens with one attached hydrogen (secondary N) is 1. The van der Waals surface area contributed by atoms with E-state index in [9.17, 15) is 5.11 Å². The third kappa shape index (κ3) is 7.11. The first-order chi connectivity index (χ1) is 17.2. The molecular weight excluding hydrogens is 510 g/mol. The molecule has 0 saturated carbocycles. The quantitative estimate of drug-likeness (QED) is 0.319. The number of hydrogen-bond donors (Lipinski definition) is 2. The van der Waals surface area contributed by atoms with Crippen molar-refractivity contribution in [2.75, 3.05) is 23.3 Å². The van der Waals surface area contributed by atoms with Gasteiger partial charge in [-0.15, -0.1) is 0 Å². The van der Waals surface area contributed by atoms with Gasteiger partial charge in [-0.1, -0.05) is 54.6 Å². The maximum Gasteiger partial charge on any atom is 0.173 e. The second-order valence-electron chi connectivity index (χ2n) is 9.46. The molecule has 36 heavy (non-hydrogen) atoms. The fourth-order valence-corrected chi connectivity index (χ4v) is 4.70. The van der Waals surface area contributed by atoms with E-state index in [1.807, 2.05) is 12.1 Å². The zero-order valence-corrected chi connectivity index (χ0v) is 22.2. The summed E-state index contributed by atoms with van der Waals surface area (Å²) in [5.41, 5.74) is 7.55. The first kappa shape index (κ1) is 25.8. The number of phenolic OH excluding ortho intramolecular Hbond substituents is 1. The first-order valence-corrected chi connectivity index (χ1v) is 12.6. The second kappa shape index (κ2) is 12.6. The van der Waals surface area contributed by atoms with Crippen LogP contribution < -0.4 is 31.8 Å². The Labute approximate surface area is 225 Å². The lowest BCUT2D eigenvalue weighted by atomic mass is 10.0. The van der Waals surface area contributed by atoms with Gasteiger partial charge in [0.2, 0.25) is 0 Å². The minimum atomic E-state index is 0. The molecule has 186 valence electrons. The number of benzene rings is 3. The van der Waals surface area contributed by atoms with E-state index in [0.717, 1.165) is 31.6 Å². The molecule has 0 aliphatic carbocycles. The maximum atomic E-state index is 9.58. The Morgan fingerprint density at radius 3 is 1.92 bits per heavy atom. The molecule has 4 aromatic rings. The maximum absolute atomic E-state index is 9.58. The van der Waals surface area contributed by atoms with Crippen molar-refractivity contribution in [1.82, 2.24) is 0 Å². The van der Waals surface area contributed by atoms with Crippen LogP contribution in [-0.4, -0.2) is 18.2 Å². The first-order valence-electron chi connectivity index (χ1n) is 12.6. The number of halogens is 1. The Hall–Kier alpha value is -3.31. The van der Waals surface area contributed by atoms with Gasteiger partial charge < -0.3 is 32.3 Å². The second-order valence-corrected chi connectivity index (χ2v) is 9.46. The zero-order valence-electron chi connectivity index (χ0n) is 20.6. The standard InChI is InChI=1S/C31H33N3O.BrH/c35-31-5-3-4-29(22-31)32-23-27-12-8-25(9-13-27)6-7-26-10-14-28(15-11-26)24-33-20-16-30(17-21-33)34-18-1-2-19-34;/h3-5,8-17,20-22,32H,1-2,6-7,18-19,23-24H2;1H. The van der Waals surface area contributed by atoms with Gasteiger partial charge in [0, 0.05) is 54.8 Å². The largest absolute Gasteiger partial charge is 1.00 e. The third-order valence-corrected chi connectivity index (χ3v) is 6.80. The van der Waals surface area contributed by atoms with Gasteiger partial charge in [0.25, 0.3) is 0 Å². The van der Waals surface area contributed by atoms with E-state index >= 15 is 0 Å². The van der Waals surface area contributed by atoms with Crippen molar-refractivity contribution in [3.63, 3.8) is 0 Å². The number of nitrogens with zero attached hydrogens (tertiary/aromatic N) is 2. The predicted octanol–water partition coefficient (Wildman–Crippen LogP) is 2.73. The van der Waals surface area contributed by atoms with Gasteiger partial charge in [-0.25, -0.2) is 4.57 Å². The topological polar surface area (TPSA) is 39.4 Å². The Bertz CT molecular complexity index is 1220. The van der Waals surface area contributed by atoms with Gasteiger partial charge in [0.1, 0.15) is 5.75 Å². The molecule has 2 N–H and O–H groups in total. The van der Waals surface area contributed by atoms with Crippen LogP contribution in [0.1, 0.15) is 35.1 Å². The molecule has 1 aliphatic heterocycles. The van der Waals surface area contributed by atoms with Crippen LogP contribution in [0, 0.1) is 0 Å². The van der Waals surface area contributed by atoms with Crippen molar-refractivity contribution in [1.29, 1.82) is 0 Å². The summed E-state index contributed by atoms with van der Waals surface area (Å²) in [6, 6.07) is 29.6. The summed E-state index contributed by atoms with van der Waals surface area (Å²) < 4.78 is 2.26. The van der Waals surface area contributed by atoms with Crippen molar-refractivity contribution in [3.05, 3.63) is 120 Å². The molecule has 0 bridgehead atoms. The summed E-state index contributed by atoms with van der Waals surface area (Å²) in [7, 11) is 0. The van der Waals surface area contributed by atoms with Crippen LogP contribution in [0.25, 0.3) is 0 Å². The lowest BCUT2D eigenvalue weighted by Crippen LogP contribution is -3.00. The number of aromatic nitrogens is 1. The number of rotatable bonds is 9. The van der Waals surface area contributed by atoms with Crippen LogP contribution >= 0.6 is 0 Å². The molecule has 5 heteroatoms. The smallest absolute Gasteiger partial charge is 0.173 e. The Kier molecular flexibility index (Phi) is 9.01. The normalized spacial score (nSPS) is 12.8. The Morgan fingerprint density at radius 2 is 1.31 bits per heavy atom. The zero-order chi connectivity index (χ0) is 23.9. The highest BCUT2D eigenvalue weighted by molar-refractivity contribution is 5.48. The lowest BCUT2D eigenvalue weighted by Gasteiger charge is -2.16. The van der Waals surface area contributed by atoms with Crippen molar-refractivity contribution in [2.45, 2.75) is 38.8 Å². The van der Waals surface area contributed by atoms with Gasteiger partial charge in [0.15, 0.2) is 18.9 Å². The minimum absolute atomic E-state index is 0. The summed E-state index contributed by atoms with van der Waals surface area (Å²) in [6.45, 7) is 4.02. The molecular formula is C31H34BrN3O. The molecule has 1 fully saturated rings. The minimum Gasteiger partial charge on any atom is -1.00 e. The SMILES string of the molecule is Oc1cccc(NCc2ccc(CCc3ccc(C[n+]4ccc(N5CCCC5)cc4)cc3)cc2)c1.[Br-]. The summed E-state index contributed by atoms with van der Waals surface area (Å²) >= 11 is 0. The summed E-state index contributed by atoms with van der Waals surface area (Å²) in [6.07, 6.45) is 9.09. The van der Waals surface area contributed by atoms with Gasteiger partial charge in [-0.2, -0.15) is 0 Å². The molecule has 0 unspecified atom stereocenters. The fraction of sp³-hybridized carbons (Fsp3) is 0.258. The third-order valence-electron chi connectivity index (χ3n) is 6.80. The van der Waals surface area contributed by atoms with Crippen molar-refractivity contribution in [3.8, 4) is 5.75 Å². The molecule has 2 heterocycles. The predicted molar refractivity (Wildman–Crippen MR) is 143 cm³/mol. The summed E-state index contributed by atoms with van der Waals surface area (Å²) in [5, 5.41) is 12.9. The number of pyridine rings is 1. The van der Waals surface area contributed by atoms with Crippen molar-refractivity contribution < 1.29 is 26.7 Å². The van der Waals surface area contributed by atoms with Crippen LogP contribution in [0.2, 0.25) is 0 Å². The molecule has 0 radical (unpaired) electrons. The van der Waals surface area contributed by atoms with E-state index < -0.39 is 0 Å². The monoisotopic (exact) mass is 543 g/mol. The molecule has 1 aromatic heterocycles. The molecule has 5 rings (SSSR count). The lowest BCUT2D eigenvalue weighted by molar-refractivity contribution is -0.688. The number of anilines is 2. The number of phenols is 1. The molecule has 0 spiro atoms. The highest BCUT2D eigenvalue weighted by Gasteiger charge is 2.13. The number of aryl methyl sites for hydroxylation is 2. The van der Waals surface area contributed by atoms with Gasteiger partial charge in [-0.05, 0) is 54.5 Å². The van der Waals surface area contributed by atoms with Crippen LogP contribution in [-0.2, 0) is 25.9 Å². The molecule has 0 amide bonds. The highest BCUT2D eigenvalue weighted by Crippen LogP contribution is 2.19. The number of aromatic hydroxyl groups is 1. The molecule has 3 aromatic carbocycles. The van der Waals surface area contributed by atoms with E-state index in [1.165, 1.54) is 53.9 Å². The van der Waals surface area contributed by atoms with Crippen molar-refractivity contribution >= 4 is 11.4 Å². The average molecular weight is 545 g/mol. The van der Waals surface area contributed by atoms with E-state index in [1.54, 1.807) is 12.1 Å². The highest BCUT2D eigenvalue weighted by atomic mass is 79.9. The van der Waals surface area contributed by atoms with Gasteiger partial charge >= 0.3 is 0 Å². The van der Waals surface area contributed by atoms with Crippen LogP contribution in [0.15, 0.2) is 97.3 Å². The van der Waals surface area contributed by atoms with Crippen LogP contribution in [0.3, 0.4) is 0 Å². The van der Waals surface area contributed by atoms with E-state index in [2.05, 4.69) is 87.8 Å². The molecule has 1 aliphatic rings. The van der Waals surface area contributed by atoms with Crippen molar-refractivity contribution in [2.24, 2.45) is 0 Å². The van der Waals surface area contributed by atoms with E-state index in [-0.39, 0.29) is 22.7 Å². The van der Waals surface area contributed by atoms with Gasteiger partial charge in [0.05, 0.1) is 0 Å². The van der Waals surface area contributed by atoms with Gasteiger partial charge in [-0.3, -0.25) is 0 Å². The fourth-order valence-electron chi connectivity index (χ4n) is 4.70.